The van der Waals surface area contributed by atoms with Crippen LogP contribution in [0.3, 0.4) is 0 Å². The highest BCUT2D eigenvalue weighted by atomic mass is 16.1. The molecule has 1 aromatic carbocycles. The van der Waals surface area contributed by atoms with Crippen molar-refractivity contribution in [1.29, 1.82) is 0 Å². The highest BCUT2D eigenvalue weighted by Crippen LogP contribution is 2.24. The lowest BCUT2D eigenvalue weighted by atomic mass is 10.1. The largest absolute Gasteiger partial charge is 0.387 e. The predicted molar refractivity (Wildman–Crippen MR) is 108 cm³/mol. The van der Waals surface area contributed by atoms with Gasteiger partial charge in [0.15, 0.2) is 0 Å². The second-order valence-corrected chi connectivity index (χ2v) is 6.36. The Morgan fingerprint density at radius 3 is 2.71 bits per heavy atom. The maximum atomic E-state index is 12.9. The van der Waals surface area contributed by atoms with E-state index in [9.17, 15) is 9.59 Å². The summed E-state index contributed by atoms with van der Waals surface area (Å²) in [5.74, 6) is -0.231. The first-order chi connectivity index (χ1) is 13.6. The average molecular weight is 376 g/mol. The smallest absolute Gasteiger partial charge is 0.277 e. The summed E-state index contributed by atoms with van der Waals surface area (Å²) in [6.45, 7) is 2.77. The molecule has 28 heavy (non-hydrogen) atoms. The third-order valence-electron chi connectivity index (χ3n) is 4.75. The fourth-order valence-corrected chi connectivity index (χ4v) is 3.36. The molecule has 0 radical (unpaired) electrons. The van der Waals surface area contributed by atoms with Gasteiger partial charge in [-0.05, 0) is 36.8 Å². The first-order valence-electron chi connectivity index (χ1n) is 9.03. The third kappa shape index (κ3) is 2.88. The molecule has 0 saturated carbocycles. The highest BCUT2D eigenvalue weighted by molar-refractivity contribution is 6.03. The van der Waals surface area contributed by atoms with Crippen LogP contribution in [0.5, 0.6) is 0 Å². The minimum atomic E-state index is -0.231. The van der Waals surface area contributed by atoms with Crippen LogP contribution in [0, 0.1) is 0 Å². The van der Waals surface area contributed by atoms with Crippen LogP contribution < -0.4 is 16.2 Å². The standard InChI is InChI=1S/C20H20N6O2/c1-3-25-17-9-14(19(27)23-12-13-5-4-7-22-11-13)15(21-2)10-18(17)26-16(20(25)28)6-8-24-26/h4-11,21H,3,12H2,1-2H3,(H,23,27). The van der Waals surface area contributed by atoms with Gasteiger partial charge in [-0.3, -0.25) is 14.6 Å². The number of hydrogen-bond donors (Lipinski definition) is 2. The van der Waals surface area contributed by atoms with Crippen LogP contribution in [0.2, 0.25) is 0 Å². The average Bonchev–Trinajstić information content (AvgIpc) is 3.23. The molecular formula is C20H20N6O2. The zero-order valence-electron chi connectivity index (χ0n) is 15.6. The van der Waals surface area contributed by atoms with Crippen molar-refractivity contribution in [2.24, 2.45) is 0 Å². The molecule has 0 spiro atoms. The number of fused-ring (bicyclic) bond motifs is 3. The molecule has 1 amide bonds. The van der Waals surface area contributed by atoms with Gasteiger partial charge in [-0.15, -0.1) is 0 Å². The van der Waals surface area contributed by atoms with E-state index in [1.807, 2.05) is 25.1 Å². The van der Waals surface area contributed by atoms with Crippen molar-refractivity contribution in [1.82, 2.24) is 24.5 Å². The molecule has 4 rings (SSSR count). The topological polar surface area (TPSA) is 93.3 Å². The predicted octanol–water partition coefficient (Wildman–Crippen LogP) is 2.04. The van der Waals surface area contributed by atoms with E-state index in [1.54, 1.807) is 46.9 Å². The van der Waals surface area contributed by atoms with Gasteiger partial charge in [0, 0.05) is 38.2 Å². The summed E-state index contributed by atoms with van der Waals surface area (Å²) in [6, 6.07) is 9.01. The number of nitrogens with one attached hydrogen (secondary N) is 2. The Balaban J connectivity index is 1.83. The van der Waals surface area contributed by atoms with Crippen molar-refractivity contribution in [3.63, 3.8) is 0 Å². The number of carbonyl (C=O) groups excluding carboxylic acids is 1. The fourth-order valence-electron chi connectivity index (χ4n) is 3.36. The van der Waals surface area contributed by atoms with Crippen molar-refractivity contribution in [2.75, 3.05) is 12.4 Å². The van der Waals surface area contributed by atoms with E-state index in [1.165, 1.54) is 0 Å². The number of hydrogen-bond acceptors (Lipinski definition) is 5. The molecule has 8 nitrogen and oxygen atoms in total. The molecular weight excluding hydrogens is 356 g/mol. The van der Waals surface area contributed by atoms with Gasteiger partial charge < -0.3 is 15.2 Å². The minimum absolute atomic E-state index is 0.133. The highest BCUT2D eigenvalue weighted by Gasteiger charge is 2.17. The first-order valence-corrected chi connectivity index (χ1v) is 9.03. The monoisotopic (exact) mass is 376 g/mol. The van der Waals surface area contributed by atoms with Crippen LogP contribution in [0.1, 0.15) is 22.8 Å². The second-order valence-electron chi connectivity index (χ2n) is 6.36. The maximum absolute atomic E-state index is 12.9. The summed E-state index contributed by atoms with van der Waals surface area (Å²) in [5, 5.41) is 10.3. The number of nitrogens with zero attached hydrogens (tertiary/aromatic N) is 4. The molecule has 3 heterocycles. The van der Waals surface area contributed by atoms with Gasteiger partial charge in [0.05, 0.1) is 22.8 Å². The minimum Gasteiger partial charge on any atom is -0.387 e. The van der Waals surface area contributed by atoms with Crippen molar-refractivity contribution in [3.8, 4) is 0 Å². The second kappa shape index (κ2) is 7.15. The van der Waals surface area contributed by atoms with Gasteiger partial charge in [-0.1, -0.05) is 6.07 Å². The SMILES string of the molecule is CCn1c(=O)c2ccnn2c2cc(NC)c(C(=O)NCc3cccnc3)cc21. The van der Waals surface area contributed by atoms with E-state index in [2.05, 4.69) is 20.7 Å². The van der Waals surface area contributed by atoms with Crippen LogP contribution in [0.25, 0.3) is 16.6 Å². The Morgan fingerprint density at radius 2 is 2.00 bits per heavy atom. The van der Waals surface area contributed by atoms with Crippen LogP contribution in [0.15, 0.2) is 53.7 Å². The number of aromatic nitrogens is 4. The van der Waals surface area contributed by atoms with Gasteiger partial charge in [0.2, 0.25) is 0 Å². The van der Waals surface area contributed by atoms with E-state index in [4.69, 9.17) is 0 Å². The van der Waals surface area contributed by atoms with Gasteiger partial charge in [-0.25, -0.2) is 4.52 Å². The normalized spacial score (nSPS) is 11.1. The van der Waals surface area contributed by atoms with Crippen LogP contribution in [0.4, 0.5) is 5.69 Å². The Kier molecular flexibility index (Phi) is 4.52. The molecule has 3 aromatic heterocycles. The van der Waals surface area contributed by atoms with E-state index < -0.39 is 0 Å². The number of benzene rings is 1. The molecule has 8 heteroatoms. The summed E-state index contributed by atoms with van der Waals surface area (Å²) in [7, 11) is 1.76. The molecule has 2 N–H and O–H groups in total. The molecule has 0 aliphatic rings. The van der Waals surface area contributed by atoms with E-state index in [0.717, 1.165) is 11.1 Å². The van der Waals surface area contributed by atoms with Crippen LogP contribution in [-0.4, -0.2) is 32.1 Å². The Bertz CT molecular complexity index is 1230. The lowest BCUT2D eigenvalue weighted by Crippen LogP contribution is -2.26. The lowest BCUT2D eigenvalue weighted by molar-refractivity contribution is 0.0952. The van der Waals surface area contributed by atoms with Gasteiger partial charge >= 0.3 is 0 Å². The summed E-state index contributed by atoms with van der Waals surface area (Å²) in [4.78, 5) is 29.7. The Morgan fingerprint density at radius 1 is 1.14 bits per heavy atom. The van der Waals surface area contributed by atoms with Crippen molar-refractivity contribution < 1.29 is 4.79 Å². The van der Waals surface area contributed by atoms with Crippen LogP contribution in [-0.2, 0) is 13.1 Å². The number of pyridine rings is 1. The Labute approximate surface area is 160 Å². The summed E-state index contributed by atoms with van der Waals surface area (Å²) >= 11 is 0. The van der Waals surface area contributed by atoms with Crippen molar-refractivity contribution >= 4 is 28.1 Å². The van der Waals surface area contributed by atoms with Gasteiger partial charge in [0.1, 0.15) is 5.52 Å². The molecule has 0 aliphatic carbocycles. The summed E-state index contributed by atoms with van der Waals surface area (Å²) in [5.41, 5.74) is 3.83. The van der Waals surface area contributed by atoms with Crippen molar-refractivity contribution in [2.45, 2.75) is 20.0 Å². The third-order valence-corrected chi connectivity index (χ3v) is 4.75. The number of amides is 1. The van der Waals surface area contributed by atoms with Gasteiger partial charge in [0.25, 0.3) is 11.5 Å². The molecule has 0 fully saturated rings. The summed E-state index contributed by atoms with van der Waals surface area (Å²) < 4.78 is 3.27. The number of rotatable bonds is 5. The van der Waals surface area contributed by atoms with Crippen LogP contribution >= 0.6 is 0 Å². The number of anilines is 1. The zero-order chi connectivity index (χ0) is 19.7. The quantitative estimate of drug-likeness (QED) is 0.556. The molecule has 0 atom stereocenters. The Hall–Kier alpha value is -3.68. The number of carbonyl (C=O) groups is 1. The molecule has 0 saturated heterocycles. The zero-order valence-corrected chi connectivity index (χ0v) is 15.6. The number of aryl methyl sites for hydroxylation is 1. The van der Waals surface area contributed by atoms with E-state index in [-0.39, 0.29) is 11.5 Å². The molecule has 0 bridgehead atoms. The van der Waals surface area contributed by atoms with E-state index in [0.29, 0.717) is 35.4 Å². The first kappa shape index (κ1) is 17.7. The molecule has 0 aliphatic heterocycles. The fraction of sp³-hybridized carbons (Fsp3) is 0.200. The van der Waals surface area contributed by atoms with E-state index >= 15 is 0 Å². The molecule has 4 aromatic rings. The van der Waals surface area contributed by atoms with Crippen molar-refractivity contribution in [3.05, 3.63) is 70.4 Å². The molecule has 0 unspecified atom stereocenters. The molecule has 142 valence electrons. The maximum Gasteiger partial charge on any atom is 0.277 e. The lowest BCUT2D eigenvalue weighted by Gasteiger charge is -2.15. The van der Waals surface area contributed by atoms with Gasteiger partial charge in [-0.2, -0.15) is 5.10 Å². The summed E-state index contributed by atoms with van der Waals surface area (Å²) in [6.07, 6.45) is 5.00.